The molecule has 9 nitrogen and oxygen atoms in total. The number of aliphatic hydroxyl groups excluding tert-OH is 1. The van der Waals surface area contributed by atoms with Gasteiger partial charge in [0.25, 0.3) is 0 Å². The van der Waals surface area contributed by atoms with Crippen molar-refractivity contribution >= 4 is 28.7 Å². The number of carbonyl (C=O) groups excluding carboxylic acids is 2. The number of anilines is 1. The number of benzene rings is 3. The van der Waals surface area contributed by atoms with Crippen LogP contribution in [-0.4, -0.2) is 64.0 Å². The molecule has 0 aliphatic carbocycles. The van der Waals surface area contributed by atoms with E-state index in [0.29, 0.717) is 48.7 Å². The number of ether oxygens (including phenoxy) is 1. The summed E-state index contributed by atoms with van der Waals surface area (Å²) in [6.07, 6.45) is 2.77. The average Bonchev–Trinajstić information content (AvgIpc) is 3.07. The minimum Gasteiger partial charge on any atom is -0.453 e. The highest BCUT2D eigenvalue weighted by atomic mass is 32.2. The Bertz CT molecular complexity index is 1320. The summed E-state index contributed by atoms with van der Waals surface area (Å²) >= 11 is 0. The lowest BCUT2D eigenvalue weighted by Crippen LogP contribution is -2.52. The van der Waals surface area contributed by atoms with Gasteiger partial charge in [0, 0.05) is 30.2 Å². The van der Waals surface area contributed by atoms with E-state index in [9.17, 15) is 18.9 Å². The van der Waals surface area contributed by atoms with Crippen LogP contribution in [0.25, 0.3) is 0 Å². The zero-order chi connectivity index (χ0) is 33.5. The average molecular weight is 651 g/mol. The Morgan fingerprint density at radius 2 is 1.48 bits per heavy atom. The van der Waals surface area contributed by atoms with Crippen molar-refractivity contribution in [2.75, 3.05) is 26.0 Å². The van der Waals surface area contributed by atoms with Gasteiger partial charge in [0.15, 0.2) is 0 Å². The molecule has 0 aliphatic heterocycles. The molecule has 0 bridgehead atoms. The van der Waals surface area contributed by atoms with Crippen LogP contribution >= 0.6 is 0 Å². The molecule has 0 radical (unpaired) electrons. The monoisotopic (exact) mass is 650 g/mol. The van der Waals surface area contributed by atoms with Crippen molar-refractivity contribution in [3.63, 3.8) is 0 Å². The van der Waals surface area contributed by atoms with Crippen molar-refractivity contribution in [2.45, 2.75) is 81.8 Å². The summed E-state index contributed by atoms with van der Waals surface area (Å²) in [5.41, 5.74) is 8.22. The van der Waals surface area contributed by atoms with Gasteiger partial charge in [-0.05, 0) is 73.4 Å². The fraction of sp³-hybridized carbons (Fsp3) is 0.444. The molecule has 250 valence electrons. The summed E-state index contributed by atoms with van der Waals surface area (Å²) in [6.45, 7) is 6.69. The highest BCUT2D eigenvalue weighted by Crippen LogP contribution is 2.29. The van der Waals surface area contributed by atoms with Gasteiger partial charge in [0.2, 0.25) is 5.91 Å². The van der Waals surface area contributed by atoms with Gasteiger partial charge < -0.3 is 26.2 Å². The van der Waals surface area contributed by atoms with Gasteiger partial charge in [0.1, 0.15) is 17.0 Å². The number of hydrogen-bond acceptors (Lipinski definition) is 6. The lowest BCUT2D eigenvalue weighted by atomic mass is 9.84. The van der Waals surface area contributed by atoms with Crippen LogP contribution in [0, 0.1) is 5.92 Å². The molecule has 3 rings (SSSR count). The number of alkyl carbamates (subject to hydrolysis) is 1. The maximum atomic E-state index is 14.0. The van der Waals surface area contributed by atoms with Gasteiger partial charge in [-0.25, -0.2) is 13.3 Å². The standard InChI is InChI=1S/C36H50N4O5S/c1-5-30(17-12-18-31(25-41)40(24-23-26(2)3)46(44)32-21-19-29(37)20-22-32)38-35(42)34(39-36(43)45-4)33(27-13-8-6-9-14-27)28-15-10-7-11-16-28/h6-11,13-16,19-22,26,30-31,33-34,41H,5,12,17-18,23-25,37H2,1-4H3,(H,38,42)(H,39,43). The van der Waals surface area contributed by atoms with Gasteiger partial charge in [-0.1, -0.05) is 81.4 Å². The van der Waals surface area contributed by atoms with E-state index in [4.69, 9.17) is 10.5 Å². The van der Waals surface area contributed by atoms with Crippen LogP contribution in [0.3, 0.4) is 0 Å². The van der Waals surface area contributed by atoms with E-state index < -0.39 is 29.0 Å². The lowest BCUT2D eigenvalue weighted by molar-refractivity contribution is -0.124. The smallest absolute Gasteiger partial charge is 0.407 e. The van der Waals surface area contributed by atoms with Gasteiger partial charge in [-0.3, -0.25) is 4.79 Å². The first-order chi connectivity index (χ1) is 22.2. The third-order valence-electron chi connectivity index (χ3n) is 8.16. The second-order valence-corrected chi connectivity index (χ2v) is 13.4. The normalized spacial score (nSPS) is 14.1. The molecule has 0 aromatic heterocycles. The molecule has 0 heterocycles. The van der Waals surface area contributed by atoms with Crippen LogP contribution in [0.15, 0.2) is 89.8 Å². The number of nitrogens with zero attached hydrogens (tertiary/aromatic N) is 1. The number of nitrogens with two attached hydrogens (primary N) is 1. The molecule has 3 aromatic carbocycles. The van der Waals surface area contributed by atoms with E-state index in [2.05, 4.69) is 24.5 Å². The van der Waals surface area contributed by atoms with E-state index in [1.807, 2.05) is 71.9 Å². The first-order valence-electron chi connectivity index (χ1n) is 16.1. The quantitative estimate of drug-likeness (QED) is 0.132. The first kappa shape index (κ1) is 36.7. The minimum atomic E-state index is -1.46. The summed E-state index contributed by atoms with van der Waals surface area (Å²) in [6, 6.07) is 24.8. The lowest BCUT2D eigenvalue weighted by Gasteiger charge is -2.31. The second-order valence-electron chi connectivity index (χ2n) is 11.9. The van der Waals surface area contributed by atoms with E-state index in [1.54, 1.807) is 24.3 Å². The van der Waals surface area contributed by atoms with E-state index in [0.717, 1.165) is 17.5 Å². The Balaban J connectivity index is 1.75. The number of amides is 2. The third kappa shape index (κ3) is 11.0. The van der Waals surface area contributed by atoms with Crippen LogP contribution in [0.2, 0.25) is 0 Å². The second kappa shape index (κ2) is 19.1. The number of aliphatic hydroxyl groups is 1. The fourth-order valence-electron chi connectivity index (χ4n) is 5.49. The van der Waals surface area contributed by atoms with E-state index in [1.165, 1.54) is 7.11 Å². The van der Waals surface area contributed by atoms with Crippen LogP contribution in [0.4, 0.5) is 10.5 Å². The van der Waals surface area contributed by atoms with Crippen molar-refractivity contribution in [2.24, 2.45) is 5.92 Å². The predicted molar refractivity (Wildman–Crippen MR) is 184 cm³/mol. The number of nitrogen functional groups attached to an aromatic ring is 1. The summed E-state index contributed by atoms with van der Waals surface area (Å²) in [4.78, 5) is 27.1. The Hall–Kier alpha value is -3.73. The maximum Gasteiger partial charge on any atom is 0.407 e. The van der Waals surface area contributed by atoms with Crippen LogP contribution in [0.1, 0.15) is 69.9 Å². The van der Waals surface area contributed by atoms with Crippen molar-refractivity contribution in [1.29, 1.82) is 0 Å². The van der Waals surface area contributed by atoms with Gasteiger partial charge in [0.05, 0.1) is 18.6 Å². The number of rotatable bonds is 18. The SMILES string of the molecule is CCC(CCCC(CO)N(CCC(C)C)S(=O)c1ccc(N)cc1)NC(=O)C(NC(=O)OC)C(c1ccccc1)c1ccccc1. The topological polar surface area (TPSA) is 134 Å². The molecule has 5 N–H and O–H groups in total. The number of hydrogen-bond donors (Lipinski definition) is 4. The molecule has 3 aromatic rings. The Morgan fingerprint density at radius 3 is 1.98 bits per heavy atom. The van der Waals surface area contributed by atoms with E-state index in [-0.39, 0.29) is 24.6 Å². The number of carbonyl (C=O) groups is 2. The number of nitrogens with one attached hydrogen (secondary N) is 2. The highest BCUT2D eigenvalue weighted by Gasteiger charge is 2.34. The van der Waals surface area contributed by atoms with Crippen LogP contribution in [0.5, 0.6) is 0 Å². The summed E-state index contributed by atoms with van der Waals surface area (Å²) < 4.78 is 20.4. The van der Waals surface area contributed by atoms with Gasteiger partial charge in [-0.2, -0.15) is 0 Å². The van der Waals surface area contributed by atoms with Crippen molar-refractivity contribution in [1.82, 2.24) is 14.9 Å². The molecule has 4 unspecified atom stereocenters. The largest absolute Gasteiger partial charge is 0.453 e. The molecule has 4 atom stereocenters. The fourth-order valence-corrected chi connectivity index (χ4v) is 6.84. The Labute approximate surface area is 276 Å². The van der Waals surface area contributed by atoms with Crippen molar-refractivity contribution < 1.29 is 23.6 Å². The Morgan fingerprint density at radius 1 is 0.891 bits per heavy atom. The molecule has 0 spiro atoms. The van der Waals surface area contributed by atoms with Crippen molar-refractivity contribution in [3.05, 3.63) is 96.1 Å². The zero-order valence-corrected chi connectivity index (χ0v) is 28.2. The van der Waals surface area contributed by atoms with Crippen LogP contribution < -0.4 is 16.4 Å². The summed E-state index contributed by atoms with van der Waals surface area (Å²) in [7, 11) is -0.181. The third-order valence-corrected chi connectivity index (χ3v) is 9.74. The van der Waals surface area contributed by atoms with Gasteiger partial charge >= 0.3 is 6.09 Å². The van der Waals surface area contributed by atoms with Gasteiger partial charge in [-0.15, -0.1) is 0 Å². The zero-order valence-electron chi connectivity index (χ0n) is 27.4. The molecule has 0 fully saturated rings. The van der Waals surface area contributed by atoms with E-state index >= 15 is 0 Å². The molecule has 10 heteroatoms. The van der Waals surface area contributed by atoms with Crippen LogP contribution in [-0.2, 0) is 20.5 Å². The molecular weight excluding hydrogens is 600 g/mol. The molecule has 0 saturated heterocycles. The minimum absolute atomic E-state index is 0.136. The first-order valence-corrected chi connectivity index (χ1v) is 17.2. The number of methoxy groups -OCH3 is 1. The molecule has 0 saturated carbocycles. The summed E-state index contributed by atoms with van der Waals surface area (Å²) in [5, 5.41) is 16.4. The Kier molecular flexibility index (Phi) is 15.2. The highest BCUT2D eigenvalue weighted by molar-refractivity contribution is 7.82. The predicted octanol–water partition coefficient (Wildman–Crippen LogP) is 5.62. The molecule has 46 heavy (non-hydrogen) atoms. The summed E-state index contributed by atoms with van der Waals surface area (Å²) in [5.74, 6) is -0.348. The molecule has 2 amide bonds. The molecule has 0 aliphatic rings. The van der Waals surface area contributed by atoms with Crippen molar-refractivity contribution in [3.8, 4) is 0 Å². The maximum absolute atomic E-state index is 14.0. The molecular formula is C36H50N4O5S.